The summed E-state index contributed by atoms with van der Waals surface area (Å²) in [6.45, 7) is 1.77. The molecule has 1 aliphatic rings. The Hall–Kier alpha value is -1.88. The molecule has 0 bridgehead atoms. The van der Waals surface area contributed by atoms with Crippen molar-refractivity contribution < 1.29 is 13.2 Å². The number of alkyl halides is 3. The number of nitriles is 1. The molecule has 1 fully saturated rings. The van der Waals surface area contributed by atoms with Crippen molar-refractivity contribution >= 4 is 5.95 Å². The number of nitrogens with one attached hydrogen (secondary N) is 1. The number of hydrogen-bond acceptors (Lipinski definition) is 5. The Labute approximate surface area is 108 Å². The number of aromatic nitrogens is 2. The molecular weight excluding hydrogens is 259 g/mol. The van der Waals surface area contributed by atoms with E-state index in [2.05, 4.69) is 21.4 Å². The summed E-state index contributed by atoms with van der Waals surface area (Å²) in [5, 5.41) is 11.8. The summed E-state index contributed by atoms with van der Waals surface area (Å²) in [6, 6.07) is 2.05. The van der Waals surface area contributed by atoms with Crippen LogP contribution in [-0.2, 0) is 6.18 Å². The van der Waals surface area contributed by atoms with Gasteiger partial charge in [0, 0.05) is 38.1 Å². The van der Waals surface area contributed by atoms with Gasteiger partial charge in [-0.25, -0.2) is 9.97 Å². The van der Waals surface area contributed by atoms with Gasteiger partial charge in [0.05, 0.1) is 18.1 Å². The molecule has 1 atom stereocenters. The van der Waals surface area contributed by atoms with Gasteiger partial charge in [-0.15, -0.1) is 0 Å². The molecule has 2 heterocycles. The molecule has 1 N–H and O–H groups in total. The van der Waals surface area contributed by atoms with Gasteiger partial charge in [-0.2, -0.15) is 18.4 Å². The van der Waals surface area contributed by atoms with E-state index in [9.17, 15) is 13.2 Å². The van der Waals surface area contributed by atoms with E-state index in [1.807, 2.05) is 0 Å². The first-order chi connectivity index (χ1) is 9.00. The third-order valence-electron chi connectivity index (χ3n) is 2.84. The van der Waals surface area contributed by atoms with Gasteiger partial charge in [-0.05, 0) is 0 Å². The molecule has 5 nitrogen and oxygen atoms in total. The normalized spacial score (nSPS) is 20.1. The van der Waals surface area contributed by atoms with Crippen molar-refractivity contribution in [3.8, 4) is 6.07 Å². The first-order valence-electron chi connectivity index (χ1n) is 5.75. The SMILES string of the molecule is N#CCC1CN(c2ncc(C(F)(F)F)cn2)CCN1. The number of anilines is 1. The summed E-state index contributed by atoms with van der Waals surface area (Å²) < 4.78 is 37.2. The molecule has 1 saturated heterocycles. The fourth-order valence-electron chi connectivity index (χ4n) is 1.88. The third kappa shape index (κ3) is 3.32. The van der Waals surface area contributed by atoms with Crippen molar-refractivity contribution in [1.82, 2.24) is 15.3 Å². The van der Waals surface area contributed by atoms with Crippen LogP contribution >= 0.6 is 0 Å². The van der Waals surface area contributed by atoms with Crippen LogP contribution in [0.4, 0.5) is 19.1 Å². The van der Waals surface area contributed by atoms with Crippen LogP contribution in [0.2, 0.25) is 0 Å². The minimum atomic E-state index is -4.43. The van der Waals surface area contributed by atoms with Gasteiger partial charge < -0.3 is 10.2 Å². The van der Waals surface area contributed by atoms with Gasteiger partial charge in [0.1, 0.15) is 0 Å². The molecular formula is C11H12F3N5. The van der Waals surface area contributed by atoms with E-state index in [1.165, 1.54) is 0 Å². The first-order valence-corrected chi connectivity index (χ1v) is 5.75. The Bertz CT molecular complexity index is 465. The second-order valence-electron chi connectivity index (χ2n) is 4.23. The largest absolute Gasteiger partial charge is 0.419 e. The highest BCUT2D eigenvalue weighted by Gasteiger charge is 2.31. The Kier molecular flexibility index (Phi) is 3.85. The van der Waals surface area contributed by atoms with Gasteiger partial charge in [0.2, 0.25) is 5.95 Å². The molecule has 1 aromatic heterocycles. The van der Waals surface area contributed by atoms with Crippen molar-refractivity contribution in [2.45, 2.75) is 18.6 Å². The molecule has 0 spiro atoms. The van der Waals surface area contributed by atoms with Crippen molar-refractivity contribution in [3.63, 3.8) is 0 Å². The predicted octanol–water partition coefficient (Wildman–Crippen LogP) is 1.19. The van der Waals surface area contributed by atoms with Crippen LogP contribution < -0.4 is 10.2 Å². The lowest BCUT2D eigenvalue weighted by Gasteiger charge is -2.32. The molecule has 0 saturated carbocycles. The number of rotatable bonds is 2. The third-order valence-corrected chi connectivity index (χ3v) is 2.84. The number of nitrogens with zero attached hydrogens (tertiary/aromatic N) is 4. The molecule has 1 aromatic rings. The summed E-state index contributed by atoms with van der Waals surface area (Å²) in [5.74, 6) is 0.262. The Morgan fingerprint density at radius 2 is 2.11 bits per heavy atom. The second kappa shape index (κ2) is 5.40. The van der Waals surface area contributed by atoms with E-state index in [-0.39, 0.29) is 12.0 Å². The molecule has 0 amide bonds. The fraction of sp³-hybridized carbons (Fsp3) is 0.545. The Balaban J connectivity index is 2.08. The van der Waals surface area contributed by atoms with Crippen LogP contribution in [0.15, 0.2) is 12.4 Å². The number of piperazine rings is 1. The van der Waals surface area contributed by atoms with Crippen LogP contribution in [0.3, 0.4) is 0 Å². The molecule has 102 valence electrons. The van der Waals surface area contributed by atoms with Gasteiger partial charge in [0.25, 0.3) is 0 Å². The minimum Gasteiger partial charge on any atom is -0.338 e. The maximum Gasteiger partial charge on any atom is 0.419 e. The summed E-state index contributed by atoms with van der Waals surface area (Å²) in [6.07, 6.45) is -2.52. The Morgan fingerprint density at radius 1 is 1.42 bits per heavy atom. The summed E-state index contributed by atoms with van der Waals surface area (Å²) in [7, 11) is 0. The van der Waals surface area contributed by atoms with Crippen LogP contribution in [-0.4, -0.2) is 35.6 Å². The van der Waals surface area contributed by atoms with Crippen molar-refractivity contribution in [2.75, 3.05) is 24.5 Å². The minimum absolute atomic E-state index is 0.00959. The van der Waals surface area contributed by atoms with Gasteiger partial charge >= 0.3 is 6.18 Å². The average molecular weight is 271 g/mol. The maximum atomic E-state index is 12.4. The lowest BCUT2D eigenvalue weighted by molar-refractivity contribution is -0.138. The molecule has 2 rings (SSSR count). The Morgan fingerprint density at radius 3 is 2.68 bits per heavy atom. The lowest BCUT2D eigenvalue weighted by atomic mass is 10.1. The standard InChI is InChI=1S/C11H12F3N5/c12-11(13,14)8-5-17-10(18-6-8)19-4-3-16-9(7-19)1-2-15/h5-6,9,16H,1,3-4,7H2. The van der Waals surface area contributed by atoms with Crippen LogP contribution in [0.1, 0.15) is 12.0 Å². The van der Waals surface area contributed by atoms with Crippen molar-refractivity contribution in [1.29, 1.82) is 5.26 Å². The highest BCUT2D eigenvalue weighted by atomic mass is 19.4. The zero-order chi connectivity index (χ0) is 13.9. The van der Waals surface area contributed by atoms with Gasteiger partial charge in [-0.1, -0.05) is 0 Å². The number of hydrogen-bond donors (Lipinski definition) is 1. The summed E-state index contributed by atoms with van der Waals surface area (Å²) in [5.41, 5.74) is -0.861. The zero-order valence-corrected chi connectivity index (χ0v) is 9.98. The van der Waals surface area contributed by atoms with Crippen molar-refractivity contribution in [3.05, 3.63) is 18.0 Å². The van der Waals surface area contributed by atoms with E-state index in [4.69, 9.17) is 5.26 Å². The first kappa shape index (κ1) is 13.5. The van der Waals surface area contributed by atoms with Gasteiger partial charge in [0.15, 0.2) is 0 Å². The van der Waals surface area contributed by atoms with E-state index in [1.54, 1.807) is 4.90 Å². The molecule has 0 aromatic carbocycles. The van der Waals surface area contributed by atoms with E-state index >= 15 is 0 Å². The molecule has 0 radical (unpaired) electrons. The molecule has 19 heavy (non-hydrogen) atoms. The monoisotopic (exact) mass is 271 g/mol. The van der Waals surface area contributed by atoms with Crippen LogP contribution in [0.25, 0.3) is 0 Å². The van der Waals surface area contributed by atoms with E-state index < -0.39 is 11.7 Å². The maximum absolute atomic E-state index is 12.4. The molecule has 1 aliphatic heterocycles. The average Bonchev–Trinajstić information content (AvgIpc) is 2.39. The predicted molar refractivity (Wildman–Crippen MR) is 61.3 cm³/mol. The lowest BCUT2D eigenvalue weighted by Crippen LogP contribution is -2.51. The number of halogens is 3. The molecule has 0 aliphatic carbocycles. The topological polar surface area (TPSA) is 64.8 Å². The highest BCUT2D eigenvalue weighted by molar-refractivity contribution is 5.32. The summed E-state index contributed by atoms with van der Waals surface area (Å²) in [4.78, 5) is 9.27. The quantitative estimate of drug-likeness (QED) is 0.875. The highest BCUT2D eigenvalue weighted by Crippen LogP contribution is 2.28. The van der Waals surface area contributed by atoms with Crippen LogP contribution in [0, 0.1) is 11.3 Å². The van der Waals surface area contributed by atoms with E-state index in [0.29, 0.717) is 26.1 Å². The zero-order valence-electron chi connectivity index (χ0n) is 9.98. The smallest absolute Gasteiger partial charge is 0.338 e. The second-order valence-corrected chi connectivity index (χ2v) is 4.23. The molecule has 8 heteroatoms. The summed E-state index contributed by atoms with van der Waals surface area (Å²) >= 11 is 0. The molecule has 1 unspecified atom stereocenters. The van der Waals surface area contributed by atoms with Crippen molar-refractivity contribution in [2.24, 2.45) is 0 Å². The van der Waals surface area contributed by atoms with Gasteiger partial charge in [-0.3, -0.25) is 0 Å². The van der Waals surface area contributed by atoms with Crippen LogP contribution in [0.5, 0.6) is 0 Å². The fourth-order valence-corrected chi connectivity index (χ4v) is 1.88. The van der Waals surface area contributed by atoms with E-state index in [0.717, 1.165) is 12.4 Å².